The van der Waals surface area contributed by atoms with Crippen LogP contribution in [0.2, 0.25) is 0 Å². The number of aromatic carboxylic acids is 1. The van der Waals surface area contributed by atoms with E-state index in [0.717, 1.165) is 0 Å². The quantitative estimate of drug-likeness (QED) is 0.655. The van der Waals surface area contributed by atoms with Crippen molar-refractivity contribution in [2.45, 2.75) is 5.75 Å². The number of likely N-dealkylation sites (N-methyl/N-ethyl adjacent to an activating group) is 1. The van der Waals surface area contributed by atoms with E-state index in [1.807, 2.05) is 0 Å². The Morgan fingerprint density at radius 1 is 1.32 bits per heavy atom. The van der Waals surface area contributed by atoms with Crippen molar-refractivity contribution in [1.82, 2.24) is 10.0 Å². The van der Waals surface area contributed by atoms with E-state index in [-0.39, 0.29) is 17.9 Å². The molecule has 0 saturated heterocycles. The summed E-state index contributed by atoms with van der Waals surface area (Å²) in [4.78, 5) is 21.7. The second kappa shape index (κ2) is 6.30. The van der Waals surface area contributed by atoms with Gasteiger partial charge in [0.2, 0.25) is 15.9 Å². The summed E-state index contributed by atoms with van der Waals surface area (Å²) in [6.45, 7) is -0.350. The summed E-state index contributed by atoms with van der Waals surface area (Å²) in [6.07, 6.45) is 0. The van der Waals surface area contributed by atoms with Gasteiger partial charge in [-0.15, -0.1) is 0 Å². The summed E-state index contributed by atoms with van der Waals surface area (Å²) in [6, 6.07) is 5.62. The topological polar surface area (TPSA) is 113 Å². The highest BCUT2D eigenvalue weighted by atomic mass is 32.2. The molecule has 0 atom stereocenters. The monoisotopic (exact) mass is 286 g/mol. The minimum atomic E-state index is -3.69. The molecule has 0 saturated carbocycles. The molecule has 0 unspecified atom stereocenters. The van der Waals surface area contributed by atoms with Gasteiger partial charge in [0.05, 0.1) is 17.9 Å². The lowest BCUT2D eigenvalue weighted by atomic mass is 10.1. The van der Waals surface area contributed by atoms with Gasteiger partial charge in [-0.25, -0.2) is 17.9 Å². The van der Waals surface area contributed by atoms with E-state index < -0.39 is 21.9 Å². The molecule has 7 nitrogen and oxygen atoms in total. The largest absolute Gasteiger partial charge is 0.478 e. The molecule has 8 heteroatoms. The zero-order valence-corrected chi connectivity index (χ0v) is 11.0. The highest BCUT2D eigenvalue weighted by Gasteiger charge is 2.14. The molecule has 0 aliphatic heterocycles. The van der Waals surface area contributed by atoms with Gasteiger partial charge >= 0.3 is 5.97 Å². The zero-order valence-electron chi connectivity index (χ0n) is 10.2. The number of carboxylic acid groups (broad SMARTS) is 1. The van der Waals surface area contributed by atoms with Crippen molar-refractivity contribution in [3.63, 3.8) is 0 Å². The number of benzene rings is 1. The molecule has 3 N–H and O–H groups in total. The molecule has 0 radical (unpaired) electrons. The van der Waals surface area contributed by atoms with Crippen molar-refractivity contribution in [3.05, 3.63) is 35.4 Å². The normalized spacial score (nSPS) is 11.0. The Morgan fingerprint density at radius 2 is 2.00 bits per heavy atom. The third-order valence-electron chi connectivity index (χ3n) is 2.26. The lowest BCUT2D eigenvalue weighted by molar-refractivity contribution is -0.119. The van der Waals surface area contributed by atoms with Gasteiger partial charge in [-0.2, -0.15) is 0 Å². The number of nitrogens with one attached hydrogen (secondary N) is 2. The van der Waals surface area contributed by atoms with Crippen molar-refractivity contribution in [2.24, 2.45) is 0 Å². The van der Waals surface area contributed by atoms with Crippen LogP contribution in [0, 0.1) is 0 Å². The lowest BCUT2D eigenvalue weighted by Gasteiger charge is -2.06. The standard InChI is InChI=1S/C11H14N2O5S/c1-12-10(14)6-13-19(17,18)7-8-3-2-4-9(5-8)11(15)16/h2-5,13H,6-7H2,1H3,(H,12,14)(H,15,16). The summed E-state index contributed by atoms with van der Waals surface area (Å²) in [7, 11) is -2.29. The van der Waals surface area contributed by atoms with Crippen molar-refractivity contribution < 1.29 is 23.1 Å². The third-order valence-corrected chi connectivity index (χ3v) is 3.56. The SMILES string of the molecule is CNC(=O)CNS(=O)(=O)Cc1cccc(C(=O)O)c1. The molecule has 0 aliphatic rings. The first-order valence-corrected chi connectivity index (χ1v) is 6.99. The molecule has 0 bridgehead atoms. The minimum absolute atomic E-state index is 0.0130. The van der Waals surface area contributed by atoms with Crippen LogP contribution in [0.1, 0.15) is 15.9 Å². The Kier molecular flexibility index (Phi) is 5.02. The number of hydrogen-bond donors (Lipinski definition) is 3. The molecular formula is C11H14N2O5S. The molecule has 1 aromatic rings. The van der Waals surface area contributed by atoms with Crippen LogP contribution in [-0.2, 0) is 20.6 Å². The molecule has 104 valence electrons. The van der Waals surface area contributed by atoms with Gasteiger partial charge in [-0.3, -0.25) is 4.79 Å². The van der Waals surface area contributed by atoms with E-state index in [1.54, 1.807) is 0 Å². The molecule has 0 fully saturated rings. The molecule has 1 aromatic carbocycles. The van der Waals surface area contributed by atoms with Crippen molar-refractivity contribution >= 4 is 21.9 Å². The lowest BCUT2D eigenvalue weighted by Crippen LogP contribution is -2.35. The fourth-order valence-electron chi connectivity index (χ4n) is 1.33. The predicted molar refractivity (Wildman–Crippen MR) is 68.1 cm³/mol. The van der Waals surface area contributed by atoms with Crippen LogP contribution >= 0.6 is 0 Å². The maximum Gasteiger partial charge on any atom is 0.335 e. The molecule has 0 heterocycles. The van der Waals surface area contributed by atoms with Crippen LogP contribution in [0.15, 0.2) is 24.3 Å². The second-order valence-electron chi connectivity index (χ2n) is 3.76. The molecule has 0 aliphatic carbocycles. The van der Waals surface area contributed by atoms with E-state index in [1.165, 1.54) is 31.3 Å². The number of amides is 1. The molecule has 1 amide bonds. The van der Waals surface area contributed by atoms with Gasteiger partial charge in [0, 0.05) is 7.05 Å². The highest BCUT2D eigenvalue weighted by molar-refractivity contribution is 7.88. The first-order chi connectivity index (χ1) is 8.84. The van der Waals surface area contributed by atoms with Crippen LogP contribution in [-0.4, -0.2) is 39.0 Å². The van der Waals surface area contributed by atoms with Crippen LogP contribution in [0.4, 0.5) is 0 Å². The van der Waals surface area contributed by atoms with Crippen LogP contribution in [0.3, 0.4) is 0 Å². The number of carboxylic acids is 1. The number of carbonyl (C=O) groups excluding carboxylic acids is 1. The predicted octanol–water partition coefficient (Wildman–Crippen LogP) is -0.450. The molecule has 0 spiro atoms. The van der Waals surface area contributed by atoms with Crippen molar-refractivity contribution in [1.29, 1.82) is 0 Å². The Hall–Kier alpha value is -1.93. The zero-order chi connectivity index (χ0) is 14.5. The number of rotatable bonds is 6. The highest BCUT2D eigenvalue weighted by Crippen LogP contribution is 2.08. The molecular weight excluding hydrogens is 272 g/mol. The molecule has 1 rings (SSSR count). The van der Waals surface area contributed by atoms with E-state index in [4.69, 9.17) is 5.11 Å². The maximum atomic E-state index is 11.7. The number of hydrogen-bond acceptors (Lipinski definition) is 4. The van der Waals surface area contributed by atoms with Crippen LogP contribution < -0.4 is 10.0 Å². The second-order valence-corrected chi connectivity index (χ2v) is 5.57. The van der Waals surface area contributed by atoms with Gasteiger partial charge in [0.15, 0.2) is 0 Å². The smallest absolute Gasteiger partial charge is 0.335 e. The fraction of sp³-hybridized carbons (Fsp3) is 0.273. The molecule has 0 aromatic heterocycles. The van der Waals surface area contributed by atoms with E-state index in [2.05, 4.69) is 10.0 Å². The van der Waals surface area contributed by atoms with E-state index >= 15 is 0 Å². The van der Waals surface area contributed by atoms with Crippen LogP contribution in [0.5, 0.6) is 0 Å². The summed E-state index contributed by atoms with van der Waals surface area (Å²) in [5.74, 6) is -1.97. The molecule has 19 heavy (non-hydrogen) atoms. The minimum Gasteiger partial charge on any atom is -0.478 e. The van der Waals surface area contributed by atoms with E-state index in [0.29, 0.717) is 5.56 Å². The van der Waals surface area contributed by atoms with Gasteiger partial charge < -0.3 is 10.4 Å². The first-order valence-electron chi connectivity index (χ1n) is 5.34. The number of sulfonamides is 1. The summed E-state index contributed by atoms with van der Waals surface area (Å²) in [5.41, 5.74) is 0.350. The summed E-state index contributed by atoms with van der Waals surface area (Å²) in [5, 5.41) is 11.1. The van der Waals surface area contributed by atoms with Crippen molar-refractivity contribution in [2.75, 3.05) is 13.6 Å². The van der Waals surface area contributed by atoms with E-state index in [9.17, 15) is 18.0 Å². The van der Waals surface area contributed by atoms with Crippen molar-refractivity contribution in [3.8, 4) is 0 Å². The summed E-state index contributed by atoms with van der Waals surface area (Å²) < 4.78 is 25.4. The van der Waals surface area contributed by atoms with Crippen LogP contribution in [0.25, 0.3) is 0 Å². The van der Waals surface area contributed by atoms with Gasteiger partial charge in [-0.05, 0) is 17.7 Å². The van der Waals surface area contributed by atoms with Gasteiger partial charge in [0.25, 0.3) is 0 Å². The number of carbonyl (C=O) groups is 2. The Bertz CT molecular complexity index is 583. The Balaban J connectivity index is 2.75. The Labute approximate surface area is 110 Å². The maximum absolute atomic E-state index is 11.7. The van der Waals surface area contributed by atoms with Gasteiger partial charge in [0.1, 0.15) is 0 Å². The van der Waals surface area contributed by atoms with Gasteiger partial charge in [-0.1, -0.05) is 12.1 Å². The fourth-order valence-corrected chi connectivity index (χ4v) is 2.40. The first kappa shape index (κ1) is 15.1. The Morgan fingerprint density at radius 3 is 2.58 bits per heavy atom. The average Bonchev–Trinajstić information content (AvgIpc) is 2.35. The average molecular weight is 286 g/mol. The summed E-state index contributed by atoms with van der Waals surface area (Å²) >= 11 is 0. The third kappa shape index (κ3) is 5.06.